The number of aromatic nitrogens is 1. The Labute approximate surface area is 149 Å². The average molecular weight is 366 g/mol. The molecule has 26 heavy (non-hydrogen) atoms. The summed E-state index contributed by atoms with van der Waals surface area (Å²) in [6, 6.07) is 6.02. The van der Waals surface area contributed by atoms with Crippen molar-refractivity contribution in [1.29, 1.82) is 0 Å². The number of anilines is 1. The molecule has 1 aromatic heterocycles. The summed E-state index contributed by atoms with van der Waals surface area (Å²) >= 11 is 0. The Morgan fingerprint density at radius 1 is 1.31 bits per heavy atom. The maximum absolute atomic E-state index is 14.3. The van der Waals surface area contributed by atoms with E-state index in [1.807, 2.05) is 0 Å². The van der Waals surface area contributed by atoms with Gasteiger partial charge in [0.15, 0.2) is 0 Å². The fourth-order valence-corrected chi connectivity index (χ4v) is 3.46. The van der Waals surface area contributed by atoms with Crippen LogP contribution in [0.1, 0.15) is 25.0 Å². The number of halogens is 4. The first-order valence-electron chi connectivity index (χ1n) is 8.42. The number of rotatable bonds is 3. The van der Waals surface area contributed by atoms with Crippen LogP contribution in [0.3, 0.4) is 0 Å². The molecule has 3 unspecified atom stereocenters. The first-order chi connectivity index (χ1) is 12.3. The zero-order chi connectivity index (χ0) is 18.9. The molecule has 1 radical (unpaired) electrons. The second-order valence-electron chi connectivity index (χ2n) is 6.61. The van der Waals surface area contributed by atoms with E-state index in [-0.39, 0.29) is 18.2 Å². The summed E-state index contributed by atoms with van der Waals surface area (Å²) in [7, 11) is 0. The summed E-state index contributed by atoms with van der Waals surface area (Å²) in [4.78, 5) is 0. The fraction of sp³-hybridized carbons (Fsp3) is 0.421. The van der Waals surface area contributed by atoms with Gasteiger partial charge in [-0.1, -0.05) is 12.0 Å². The van der Waals surface area contributed by atoms with Crippen molar-refractivity contribution in [3.8, 4) is 11.8 Å². The van der Waals surface area contributed by atoms with Gasteiger partial charge >= 0.3 is 6.18 Å². The highest BCUT2D eigenvalue weighted by Crippen LogP contribution is 2.32. The quantitative estimate of drug-likeness (QED) is 0.637. The molecule has 0 aliphatic heterocycles. The summed E-state index contributed by atoms with van der Waals surface area (Å²) in [6.07, 6.45) is -3.91. The van der Waals surface area contributed by atoms with Gasteiger partial charge in [-0.25, -0.2) is 4.39 Å². The number of alkyl halides is 4. The van der Waals surface area contributed by atoms with E-state index in [9.17, 15) is 17.6 Å². The highest BCUT2D eigenvalue weighted by Gasteiger charge is 2.31. The molecular formula is C19H20F4N3. The van der Waals surface area contributed by atoms with E-state index >= 15 is 0 Å². The van der Waals surface area contributed by atoms with Crippen molar-refractivity contribution >= 4 is 16.6 Å². The Kier molecular flexibility index (Phi) is 5.15. The fourth-order valence-electron chi connectivity index (χ4n) is 3.46. The van der Waals surface area contributed by atoms with E-state index in [0.717, 1.165) is 4.57 Å². The van der Waals surface area contributed by atoms with Crippen molar-refractivity contribution in [1.82, 2.24) is 4.57 Å². The monoisotopic (exact) mass is 366 g/mol. The van der Waals surface area contributed by atoms with Crippen LogP contribution in [0, 0.1) is 18.8 Å². The molecule has 2 aromatic rings. The molecule has 1 aliphatic rings. The third kappa shape index (κ3) is 3.96. The Hall–Kier alpha value is -2.20. The van der Waals surface area contributed by atoms with Crippen LogP contribution in [0.5, 0.6) is 0 Å². The van der Waals surface area contributed by atoms with Crippen LogP contribution >= 0.6 is 0 Å². The van der Waals surface area contributed by atoms with E-state index in [1.54, 1.807) is 24.3 Å². The number of benzene rings is 1. The highest BCUT2D eigenvalue weighted by atomic mass is 19.4. The molecule has 3 nitrogen and oxygen atoms in total. The van der Waals surface area contributed by atoms with Crippen LogP contribution in [0.2, 0.25) is 0 Å². The Morgan fingerprint density at radius 3 is 2.73 bits per heavy atom. The first kappa shape index (κ1) is 18.6. The van der Waals surface area contributed by atoms with Gasteiger partial charge in [-0.05, 0) is 43.4 Å². The molecule has 0 amide bonds. The molecule has 3 rings (SSSR count). The van der Waals surface area contributed by atoms with Crippen LogP contribution in [0.25, 0.3) is 10.9 Å². The molecular weight excluding hydrogens is 346 g/mol. The molecule has 0 bridgehead atoms. The lowest BCUT2D eigenvalue weighted by Crippen LogP contribution is -2.41. The maximum atomic E-state index is 14.3. The van der Waals surface area contributed by atoms with Crippen molar-refractivity contribution < 1.29 is 17.6 Å². The highest BCUT2D eigenvalue weighted by molar-refractivity contribution is 5.94. The third-order valence-electron chi connectivity index (χ3n) is 4.65. The van der Waals surface area contributed by atoms with Gasteiger partial charge in [0, 0.05) is 24.0 Å². The van der Waals surface area contributed by atoms with Crippen molar-refractivity contribution in [3.63, 3.8) is 0 Å². The van der Waals surface area contributed by atoms with Gasteiger partial charge in [-0.2, -0.15) is 13.2 Å². The lowest BCUT2D eigenvalue weighted by molar-refractivity contribution is -0.140. The topological polar surface area (TPSA) is 43.0 Å². The largest absolute Gasteiger partial charge is 0.406 e. The van der Waals surface area contributed by atoms with Crippen LogP contribution in [0.15, 0.2) is 24.3 Å². The molecule has 1 fully saturated rings. The molecule has 0 spiro atoms. The van der Waals surface area contributed by atoms with Gasteiger partial charge in [0.05, 0.1) is 17.3 Å². The molecule has 7 heteroatoms. The minimum Gasteiger partial charge on any atom is -0.379 e. The smallest absolute Gasteiger partial charge is 0.379 e. The first-order valence-corrected chi connectivity index (χ1v) is 8.42. The standard InChI is InChI=1S/C19H20F4N3/c1-2-4-13-10-14-16(25-17-8-7-12(24)9-15(17)20)5-3-6-18(14)26(13)11-19(21,22)23/h3,5-6,10,12,15,17,25H,1,7-9,11,24H2. The zero-order valence-electron chi connectivity index (χ0n) is 14.1. The summed E-state index contributed by atoms with van der Waals surface area (Å²) in [5.74, 6) is 5.02. The Morgan fingerprint density at radius 2 is 2.08 bits per heavy atom. The van der Waals surface area contributed by atoms with Crippen LogP contribution in [-0.4, -0.2) is 29.0 Å². The number of nitrogens with zero attached hydrogens (tertiary/aromatic N) is 1. The molecule has 3 N–H and O–H groups in total. The Bertz CT molecular complexity index is 844. The van der Waals surface area contributed by atoms with Crippen molar-refractivity contribution in [2.24, 2.45) is 5.73 Å². The van der Waals surface area contributed by atoms with Crippen LogP contribution in [-0.2, 0) is 6.54 Å². The van der Waals surface area contributed by atoms with Gasteiger partial charge in [-0.3, -0.25) is 0 Å². The van der Waals surface area contributed by atoms with E-state index in [4.69, 9.17) is 5.73 Å². The van der Waals surface area contributed by atoms with Gasteiger partial charge in [0.25, 0.3) is 0 Å². The predicted octanol–water partition coefficient (Wildman–Crippen LogP) is 4.02. The maximum Gasteiger partial charge on any atom is 0.406 e. The van der Waals surface area contributed by atoms with E-state index in [2.05, 4.69) is 24.1 Å². The summed E-state index contributed by atoms with van der Waals surface area (Å²) in [6.45, 7) is 2.24. The van der Waals surface area contributed by atoms with Crippen LogP contribution < -0.4 is 11.1 Å². The summed E-state index contributed by atoms with van der Waals surface area (Å²) < 4.78 is 54.3. The molecule has 1 aromatic carbocycles. The zero-order valence-corrected chi connectivity index (χ0v) is 14.1. The summed E-state index contributed by atoms with van der Waals surface area (Å²) in [5.41, 5.74) is 7.01. The van der Waals surface area contributed by atoms with Gasteiger partial charge in [0.2, 0.25) is 0 Å². The molecule has 1 saturated carbocycles. The second kappa shape index (κ2) is 7.20. The van der Waals surface area contributed by atoms with Crippen molar-refractivity contribution in [2.75, 3.05) is 5.32 Å². The van der Waals surface area contributed by atoms with Crippen molar-refractivity contribution in [2.45, 2.75) is 50.2 Å². The number of hydrogen-bond acceptors (Lipinski definition) is 2. The minimum atomic E-state index is -4.38. The third-order valence-corrected chi connectivity index (χ3v) is 4.65. The van der Waals surface area contributed by atoms with E-state index in [1.165, 1.54) is 0 Å². The lowest BCUT2D eigenvalue weighted by atomic mass is 9.90. The molecule has 139 valence electrons. The average Bonchev–Trinajstić information content (AvgIpc) is 2.88. The Balaban J connectivity index is 1.99. The minimum absolute atomic E-state index is 0.148. The van der Waals surface area contributed by atoms with Crippen LogP contribution in [0.4, 0.5) is 23.2 Å². The summed E-state index contributed by atoms with van der Waals surface area (Å²) in [5, 5.41) is 3.73. The van der Waals surface area contributed by atoms with E-state index < -0.39 is 24.9 Å². The SMILES string of the molecule is [CH2]C#Cc1cc2c(NC3CCC(N)CC3F)cccc2n1CC(F)(F)F. The number of nitrogens with two attached hydrogens (primary N) is 1. The normalized spacial score (nSPS) is 23.5. The number of fused-ring (bicyclic) bond motifs is 1. The van der Waals surface area contributed by atoms with Crippen molar-refractivity contribution in [3.05, 3.63) is 36.9 Å². The molecule has 3 atom stereocenters. The molecule has 1 heterocycles. The molecule has 0 saturated heterocycles. The number of nitrogens with one attached hydrogen (secondary N) is 1. The van der Waals surface area contributed by atoms with Gasteiger partial charge < -0.3 is 15.6 Å². The van der Waals surface area contributed by atoms with Gasteiger partial charge in [-0.15, -0.1) is 0 Å². The molecule has 1 aliphatic carbocycles. The number of hydrogen-bond donors (Lipinski definition) is 2. The van der Waals surface area contributed by atoms with E-state index in [0.29, 0.717) is 29.4 Å². The second-order valence-corrected chi connectivity index (χ2v) is 6.61. The lowest BCUT2D eigenvalue weighted by Gasteiger charge is -2.31. The predicted molar refractivity (Wildman–Crippen MR) is 94.4 cm³/mol. The van der Waals surface area contributed by atoms with Gasteiger partial charge in [0.1, 0.15) is 12.7 Å².